The lowest BCUT2D eigenvalue weighted by molar-refractivity contribution is 0.234. The van der Waals surface area contributed by atoms with Gasteiger partial charge in [0.15, 0.2) is 0 Å². The van der Waals surface area contributed by atoms with Gasteiger partial charge in [0.2, 0.25) is 0 Å². The summed E-state index contributed by atoms with van der Waals surface area (Å²) < 4.78 is 6.95. The zero-order valence-corrected chi connectivity index (χ0v) is 15.8. The highest BCUT2D eigenvalue weighted by Crippen LogP contribution is 2.26. The molecule has 24 heavy (non-hydrogen) atoms. The maximum Gasteiger partial charge on any atom is 0.127 e. The largest absolute Gasteiger partial charge is 0.457 e. The van der Waals surface area contributed by atoms with Gasteiger partial charge >= 0.3 is 0 Å². The van der Waals surface area contributed by atoms with Gasteiger partial charge in [0.1, 0.15) is 11.5 Å². The van der Waals surface area contributed by atoms with Crippen LogP contribution < -0.4 is 10.1 Å². The van der Waals surface area contributed by atoms with E-state index in [9.17, 15) is 0 Å². The molecule has 0 aromatic heterocycles. The Labute approximate surface area is 153 Å². The molecule has 1 atom stereocenters. The van der Waals surface area contributed by atoms with Crippen LogP contribution in [0.15, 0.2) is 53.0 Å². The minimum atomic E-state index is 0.571. The molecule has 0 spiro atoms. The Hall–Kier alpha value is -1.36. The van der Waals surface area contributed by atoms with E-state index in [2.05, 4.69) is 57.3 Å². The quantitative estimate of drug-likeness (QED) is 0.779. The number of nitrogens with one attached hydrogen (secondary N) is 1. The molecule has 0 radical (unpaired) electrons. The lowest BCUT2D eigenvalue weighted by Gasteiger charge is -2.28. The number of benzene rings is 2. The summed E-state index contributed by atoms with van der Waals surface area (Å²) >= 11 is 3.44. The van der Waals surface area contributed by atoms with Gasteiger partial charge in [0, 0.05) is 30.7 Å². The highest BCUT2D eigenvalue weighted by molar-refractivity contribution is 9.10. The molecule has 1 aliphatic rings. The van der Waals surface area contributed by atoms with Crippen LogP contribution in [0.5, 0.6) is 11.5 Å². The van der Waals surface area contributed by atoms with E-state index in [1.165, 1.54) is 31.6 Å². The maximum absolute atomic E-state index is 5.89. The van der Waals surface area contributed by atoms with E-state index in [1.807, 2.05) is 24.3 Å². The van der Waals surface area contributed by atoms with Crippen LogP contribution in [-0.2, 0) is 0 Å². The van der Waals surface area contributed by atoms with Crippen molar-refractivity contribution in [3.8, 4) is 11.5 Å². The summed E-state index contributed by atoms with van der Waals surface area (Å²) in [5, 5.41) is 3.41. The first-order valence-corrected chi connectivity index (χ1v) is 9.46. The summed E-state index contributed by atoms with van der Waals surface area (Å²) in [6.07, 6.45) is 1.20. The molecule has 0 amide bonds. The molecule has 1 N–H and O–H groups in total. The van der Waals surface area contributed by atoms with E-state index >= 15 is 0 Å². The highest BCUT2D eigenvalue weighted by Gasteiger charge is 2.12. The minimum absolute atomic E-state index is 0.571. The number of hydrogen-bond donors (Lipinski definition) is 1. The standard InChI is InChI=1S/C20H25BrN2O/c1-16(10-13-23-14-11-22-12-15-23)17-2-6-19(7-3-17)24-20-8-4-18(21)5-9-20/h2-9,16,22H,10-15H2,1H3. The molecule has 1 aliphatic heterocycles. The first-order chi connectivity index (χ1) is 11.7. The molecule has 128 valence electrons. The van der Waals surface area contributed by atoms with Crippen LogP contribution in [0.1, 0.15) is 24.8 Å². The fraction of sp³-hybridized carbons (Fsp3) is 0.400. The molecule has 3 nitrogen and oxygen atoms in total. The van der Waals surface area contributed by atoms with Crippen molar-refractivity contribution in [2.75, 3.05) is 32.7 Å². The van der Waals surface area contributed by atoms with Crippen LogP contribution in [0.2, 0.25) is 0 Å². The SMILES string of the molecule is CC(CCN1CCNCC1)c1ccc(Oc2ccc(Br)cc2)cc1. The average Bonchev–Trinajstić information content (AvgIpc) is 2.63. The van der Waals surface area contributed by atoms with E-state index < -0.39 is 0 Å². The van der Waals surface area contributed by atoms with Crippen LogP contribution in [0, 0.1) is 0 Å². The van der Waals surface area contributed by atoms with Crippen LogP contribution >= 0.6 is 15.9 Å². The predicted octanol–water partition coefficient (Wildman–Crippen LogP) is 4.64. The Balaban J connectivity index is 1.52. The Morgan fingerprint density at radius 2 is 1.58 bits per heavy atom. The van der Waals surface area contributed by atoms with Gasteiger partial charge in [-0.2, -0.15) is 0 Å². The number of halogens is 1. The second-order valence-corrected chi connectivity index (χ2v) is 7.32. The lowest BCUT2D eigenvalue weighted by atomic mass is 9.97. The molecular formula is C20H25BrN2O. The van der Waals surface area contributed by atoms with Crippen molar-refractivity contribution in [2.24, 2.45) is 0 Å². The Bertz CT molecular complexity index is 621. The second kappa shape index (κ2) is 8.65. The monoisotopic (exact) mass is 388 g/mol. The molecule has 1 heterocycles. The molecule has 0 aliphatic carbocycles. The Morgan fingerprint density at radius 1 is 1.00 bits per heavy atom. The number of nitrogens with zero attached hydrogens (tertiary/aromatic N) is 1. The third-order valence-corrected chi connectivity index (χ3v) is 5.12. The van der Waals surface area contributed by atoms with Gasteiger partial charge in [-0.3, -0.25) is 0 Å². The van der Waals surface area contributed by atoms with Gasteiger partial charge in [0.25, 0.3) is 0 Å². The summed E-state index contributed by atoms with van der Waals surface area (Å²) in [6.45, 7) is 8.08. The van der Waals surface area contributed by atoms with Gasteiger partial charge in [-0.05, 0) is 60.8 Å². The zero-order chi connectivity index (χ0) is 16.8. The zero-order valence-electron chi connectivity index (χ0n) is 14.2. The maximum atomic E-state index is 5.89. The smallest absolute Gasteiger partial charge is 0.127 e. The van der Waals surface area contributed by atoms with Crippen molar-refractivity contribution in [3.63, 3.8) is 0 Å². The molecule has 0 saturated carbocycles. The van der Waals surface area contributed by atoms with Gasteiger partial charge in [-0.1, -0.05) is 35.0 Å². The third kappa shape index (κ3) is 5.07. The van der Waals surface area contributed by atoms with Crippen LogP contribution in [-0.4, -0.2) is 37.6 Å². The fourth-order valence-corrected chi connectivity index (χ4v) is 3.25. The van der Waals surface area contributed by atoms with E-state index in [0.29, 0.717) is 5.92 Å². The van der Waals surface area contributed by atoms with Gasteiger partial charge < -0.3 is 15.0 Å². The molecular weight excluding hydrogens is 364 g/mol. The van der Waals surface area contributed by atoms with Crippen molar-refractivity contribution in [2.45, 2.75) is 19.3 Å². The van der Waals surface area contributed by atoms with Crippen molar-refractivity contribution in [1.82, 2.24) is 10.2 Å². The van der Waals surface area contributed by atoms with Crippen molar-refractivity contribution < 1.29 is 4.74 Å². The first-order valence-electron chi connectivity index (χ1n) is 8.67. The van der Waals surface area contributed by atoms with Crippen LogP contribution in [0.4, 0.5) is 0 Å². The topological polar surface area (TPSA) is 24.5 Å². The van der Waals surface area contributed by atoms with E-state index in [-0.39, 0.29) is 0 Å². The summed E-state index contributed by atoms with van der Waals surface area (Å²) in [4.78, 5) is 2.55. The molecule has 0 bridgehead atoms. The molecule has 1 unspecified atom stereocenters. The van der Waals surface area contributed by atoms with Crippen molar-refractivity contribution >= 4 is 15.9 Å². The number of ether oxygens (including phenoxy) is 1. The average molecular weight is 389 g/mol. The lowest BCUT2D eigenvalue weighted by Crippen LogP contribution is -2.43. The van der Waals surface area contributed by atoms with Crippen molar-refractivity contribution in [1.29, 1.82) is 0 Å². The normalized spacial score (nSPS) is 16.8. The Kier molecular flexibility index (Phi) is 6.30. The molecule has 1 saturated heterocycles. The molecule has 2 aromatic carbocycles. The molecule has 4 heteroatoms. The summed E-state index contributed by atoms with van der Waals surface area (Å²) in [5.74, 6) is 2.31. The summed E-state index contributed by atoms with van der Waals surface area (Å²) in [6, 6.07) is 16.4. The second-order valence-electron chi connectivity index (χ2n) is 6.41. The van der Waals surface area contributed by atoms with Gasteiger partial charge in [-0.15, -0.1) is 0 Å². The number of rotatable bonds is 6. The fourth-order valence-electron chi connectivity index (χ4n) is 2.98. The summed E-state index contributed by atoms with van der Waals surface area (Å²) in [7, 11) is 0. The highest BCUT2D eigenvalue weighted by atomic mass is 79.9. The number of piperazine rings is 1. The molecule has 2 aromatic rings. The molecule has 1 fully saturated rings. The van der Waals surface area contributed by atoms with Gasteiger partial charge in [-0.25, -0.2) is 0 Å². The van der Waals surface area contributed by atoms with Crippen LogP contribution in [0.25, 0.3) is 0 Å². The minimum Gasteiger partial charge on any atom is -0.457 e. The van der Waals surface area contributed by atoms with E-state index in [1.54, 1.807) is 0 Å². The van der Waals surface area contributed by atoms with Crippen LogP contribution in [0.3, 0.4) is 0 Å². The summed E-state index contributed by atoms with van der Waals surface area (Å²) in [5.41, 5.74) is 1.38. The number of hydrogen-bond acceptors (Lipinski definition) is 3. The molecule has 3 rings (SSSR count). The van der Waals surface area contributed by atoms with E-state index in [0.717, 1.165) is 29.1 Å². The van der Waals surface area contributed by atoms with Crippen molar-refractivity contribution in [3.05, 3.63) is 58.6 Å². The first kappa shape index (κ1) is 17.5. The van der Waals surface area contributed by atoms with Gasteiger partial charge in [0.05, 0.1) is 0 Å². The van der Waals surface area contributed by atoms with E-state index in [4.69, 9.17) is 4.74 Å². The predicted molar refractivity (Wildman–Crippen MR) is 103 cm³/mol. The Morgan fingerprint density at radius 3 is 2.21 bits per heavy atom. The third-order valence-electron chi connectivity index (χ3n) is 4.59.